The number of amides is 1. The highest BCUT2D eigenvalue weighted by Gasteiger charge is 2.13. The second kappa shape index (κ2) is 10.0. The molecule has 6 heteroatoms. The van der Waals surface area contributed by atoms with Crippen molar-refractivity contribution >= 4 is 16.9 Å². The summed E-state index contributed by atoms with van der Waals surface area (Å²) >= 11 is 0. The molecule has 0 aliphatic rings. The highest BCUT2D eigenvalue weighted by atomic mass is 16.5. The Morgan fingerprint density at radius 1 is 0.938 bits per heavy atom. The van der Waals surface area contributed by atoms with Crippen molar-refractivity contribution in [2.45, 2.75) is 26.9 Å². The Morgan fingerprint density at radius 3 is 2.38 bits per heavy atom. The minimum absolute atomic E-state index is 0.120. The number of aryl methyl sites for hydroxylation is 1. The molecule has 164 valence electrons. The van der Waals surface area contributed by atoms with Crippen LogP contribution >= 0.6 is 0 Å². The molecule has 4 rings (SSSR count). The van der Waals surface area contributed by atoms with Crippen molar-refractivity contribution in [3.05, 3.63) is 89.7 Å². The Hall–Kier alpha value is -3.80. The Kier molecular flexibility index (Phi) is 6.70. The van der Waals surface area contributed by atoms with E-state index in [2.05, 4.69) is 9.88 Å². The zero-order chi connectivity index (χ0) is 22.3. The van der Waals surface area contributed by atoms with Gasteiger partial charge in [-0.1, -0.05) is 42.0 Å². The number of carbonyl (C=O) groups excluding carboxylic acids is 1. The molecule has 0 unspecified atom stereocenters. The second-order valence-electron chi connectivity index (χ2n) is 7.45. The lowest BCUT2D eigenvalue weighted by molar-refractivity contribution is 0.0949. The van der Waals surface area contributed by atoms with Gasteiger partial charge in [0.25, 0.3) is 5.91 Å². The molecular weight excluding hydrogens is 402 g/mol. The molecule has 3 aromatic carbocycles. The summed E-state index contributed by atoms with van der Waals surface area (Å²) in [5.41, 5.74) is 3.65. The summed E-state index contributed by atoms with van der Waals surface area (Å²) in [5.74, 6) is 2.11. The minimum Gasteiger partial charge on any atom is -0.490 e. The molecule has 1 amide bonds. The van der Waals surface area contributed by atoms with E-state index >= 15 is 0 Å². The maximum atomic E-state index is 12.6. The van der Waals surface area contributed by atoms with Crippen molar-refractivity contribution in [2.75, 3.05) is 13.2 Å². The summed E-state index contributed by atoms with van der Waals surface area (Å²) in [5, 5.41) is 2.99. The lowest BCUT2D eigenvalue weighted by Crippen LogP contribution is -2.25. The first-order valence-corrected chi connectivity index (χ1v) is 10.8. The Balaban J connectivity index is 1.48. The van der Waals surface area contributed by atoms with Crippen LogP contribution in [0.3, 0.4) is 0 Å². The molecule has 0 atom stereocenters. The summed E-state index contributed by atoms with van der Waals surface area (Å²) in [7, 11) is 0. The standard InChI is InChI=1S/C26H27N3O3/c1-3-31-23-10-6-7-11-24(23)32-17-16-29-22-9-5-4-8-21(22)28-25(29)18-27-26(30)20-14-12-19(2)13-15-20/h4-15H,3,16-18H2,1-2H3,(H,27,30). The fraction of sp³-hybridized carbons (Fsp3) is 0.231. The lowest BCUT2D eigenvalue weighted by atomic mass is 10.1. The van der Waals surface area contributed by atoms with Crippen molar-refractivity contribution in [3.8, 4) is 11.5 Å². The normalized spacial score (nSPS) is 10.8. The number of imidazole rings is 1. The van der Waals surface area contributed by atoms with Gasteiger partial charge in [-0.2, -0.15) is 0 Å². The number of benzene rings is 3. The highest BCUT2D eigenvalue weighted by Crippen LogP contribution is 2.26. The zero-order valence-corrected chi connectivity index (χ0v) is 18.4. The third kappa shape index (κ3) is 4.91. The number of hydrogen-bond donors (Lipinski definition) is 1. The summed E-state index contributed by atoms with van der Waals surface area (Å²) in [6.45, 7) is 5.90. The van der Waals surface area contributed by atoms with E-state index in [4.69, 9.17) is 14.5 Å². The van der Waals surface area contributed by atoms with Crippen LogP contribution in [0.1, 0.15) is 28.7 Å². The molecule has 1 heterocycles. The third-order valence-electron chi connectivity index (χ3n) is 5.18. The van der Waals surface area contributed by atoms with Crippen molar-refractivity contribution in [2.24, 2.45) is 0 Å². The molecule has 0 bridgehead atoms. The topological polar surface area (TPSA) is 65.4 Å². The first-order chi connectivity index (χ1) is 15.7. The summed E-state index contributed by atoms with van der Waals surface area (Å²) < 4.78 is 13.7. The molecule has 0 aliphatic carbocycles. The predicted molar refractivity (Wildman–Crippen MR) is 125 cm³/mol. The van der Waals surface area contributed by atoms with E-state index in [1.54, 1.807) is 0 Å². The first-order valence-electron chi connectivity index (χ1n) is 10.8. The SMILES string of the molecule is CCOc1ccccc1OCCn1c(CNC(=O)c2ccc(C)cc2)nc2ccccc21. The maximum absolute atomic E-state index is 12.6. The maximum Gasteiger partial charge on any atom is 0.251 e. The molecule has 32 heavy (non-hydrogen) atoms. The van der Waals surface area contributed by atoms with Gasteiger partial charge in [0.1, 0.15) is 12.4 Å². The molecule has 0 radical (unpaired) electrons. The summed E-state index contributed by atoms with van der Waals surface area (Å²) in [6, 6.07) is 23.1. The first kappa shape index (κ1) is 21.4. The Morgan fingerprint density at radius 2 is 1.62 bits per heavy atom. The van der Waals surface area contributed by atoms with E-state index in [-0.39, 0.29) is 5.91 Å². The number of carbonyl (C=O) groups is 1. The number of rotatable bonds is 9. The summed E-state index contributed by atoms with van der Waals surface area (Å²) in [4.78, 5) is 17.3. The van der Waals surface area contributed by atoms with Gasteiger partial charge in [-0.15, -0.1) is 0 Å². The molecule has 1 aromatic heterocycles. The van der Waals surface area contributed by atoms with Crippen LogP contribution in [0, 0.1) is 6.92 Å². The van der Waals surface area contributed by atoms with Gasteiger partial charge >= 0.3 is 0 Å². The molecule has 1 N–H and O–H groups in total. The number of hydrogen-bond acceptors (Lipinski definition) is 4. The minimum atomic E-state index is -0.120. The molecular formula is C26H27N3O3. The number of nitrogens with one attached hydrogen (secondary N) is 1. The van der Waals surface area contributed by atoms with E-state index in [9.17, 15) is 4.79 Å². The van der Waals surface area contributed by atoms with Gasteiger partial charge in [-0.3, -0.25) is 4.79 Å². The Labute approximate surface area is 187 Å². The van der Waals surface area contributed by atoms with E-state index < -0.39 is 0 Å². The molecule has 0 saturated heterocycles. The lowest BCUT2D eigenvalue weighted by Gasteiger charge is -2.14. The Bertz CT molecular complexity index is 1200. The van der Waals surface area contributed by atoms with Crippen molar-refractivity contribution < 1.29 is 14.3 Å². The van der Waals surface area contributed by atoms with Crippen molar-refractivity contribution in [1.82, 2.24) is 14.9 Å². The number of aromatic nitrogens is 2. The van der Waals surface area contributed by atoms with Crippen LogP contribution in [0.25, 0.3) is 11.0 Å². The number of para-hydroxylation sites is 4. The molecule has 4 aromatic rings. The fourth-order valence-corrected chi connectivity index (χ4v) is 3.57. The quantitative estimate of drug-likeness (QED) is 0.417. The number of ether oxygens (including phenoxy) is 2. The van der Waals surface area contributed by atoms with Gasteiger partial charge in [-0.25, -0.2) is 4.98 Å². The van der Waals surface area contributed by atoms with E-state index in [0.717, 1.165) is 28.2 Å². The average Bonchev–Trinajstić information content (AvgIpc) is 3.17. The van der Waals surface area contributed by atoms with Crippen LogP contribution < -0.4 is 14.8 Å². The van der Waals surface area contributed by atoms with Crippen molar-refractivity contribution in [1.29, 1.82) is 0 Å². The van der Waals surface area contributed by atoms with E-state index in [1.807, 2.05) is 86.6 Å². The largest absolute Gasteiger partial charge is 0.490 e. The monoisotopic (exact) mass is 429 g/mol. The highest BCUT2D eigenvalue weighted by molar-refractivity contribution is 5.94. The second-order valence-corrected chi connectivity index (χ2v) is 7.45. The smallest absolute Gasteiger partial charge is 0.251 e. The zero-order valence-electron chi connectivity index (χ0n) is 18.4. The fourth-order valence-electron chi connectivity index (χ4n) is 3.57. The van der Waals surface area contributed by atoms with Crippen LogP contribution in [-0.2, 0) is 13.1 Å². The molecule has 0 aliphatic heterocycles. The van der Waals surface area contributed by atoms with Crippen LogP contribution in [0.15, 0.2) is 72.8 Å². The number of nitrogens with zero attached hydrogens (tertiary/aromatic N) is 2. The van der Waals surface area contributed by atoms with Gasteiger partial charge < -0.3 is 19.4 Å². The van der Waals surface area contributed by atoms with Gasteiger partial charge in [0.2, 0.25) is 0 Å². The average molecular weight is 430 g/mol. The van der Waals surface area contributed by atoms with Crippen LogP contribution in [-0.4, -0.2) is 28.7 Å². The van der Waals surface area contributed by atoms with Gasteiger partial charge in [-0.05, 0) is 50.2 Å². The van der Waals surface area contributed by atoms with Crippen LogP contribution in [0.4, 0.5) is 0 Å². The summed E-state index contributed by atoms with van der Waals surface area (Å²) in [6.07, 6.45) is 0. The number of fused-ring (bicyclic) bond motifs is 1. The van der Waals surface area contributed by atoms with Crippen molar-refractivity contribution in [3.63, 3.8) is 0 Å². The predicted octanol–water partition coefficient (Wildman–Crippen LogP) is 4.75. The van der Waals surface area contributed by atoms with Crippen LogP contribution in [0.2, 0.25) is 0 Å². The van der Waals surface area contributed by atoms with Gasteiger partial charge in [0.05, 0.1) is 30.7 Å². The van der Waals surface area contributed by atoms with Gasteiger partial charge in [0, 0.05) is 5.56 Å². The molecule has 6 nitrogen and oxygen atoms in total. The van der Waals surface area contributed by atoms with Crippen LogP contribution in [0.5, 0.6) is 11.5 Å². The van der Waals surface area contributed by atoms with E-state index in [0.29, 0.717) is 37.6 Å². The molecule has 0 spiro atoms. The molecule has 0 saturated carbocycles. The third-order valence-corrected chi connectivity index (χ3v) is 5.18. The van der Waals surface area contributed by atoms with Gasteiger partial charge in [0.15, 0.2) is 11.5 Å². The van der Waals surface area contributed by atoms with E-state index in [1.165, 1.54) is 0 Å². The molecule has 0 fully saturated rings.